The summed E-state index contributed by atoms with van der Waals surface area (Å²) in [7, 11) is 1.57. The summed E-state index contributed by atoms with van der Waals surface area (Å²) in [6.07, 6.45) is 1.64. The standard InChI is InChI=1S/C12H13N3O2/c1-8-14-6-5-12(15-8)17-11-7-9(13)3-4-10(11)16-2/h3-7H,13H2,1-2H3. The van der Waals surface area contributed by atoms with Gasteiger partial charge in [-0.25, -0.2) is 4.98 Å². The lowest BCUT2D eigenvalue weighted by Crippen LogP contribution is -1.95. The van der Waals surface area contributed by atoms with Crippen LogP contribution in [0.2, 0.25) is 0 Å². The van der Waals surface area contributed by atoms with Gasteiger partial charge in [-0.3, -0.25) is 0 Å². The molecule has 2 aromatic rings. The van der Waals surface area contributed by atoms with Gasteiger partial charge in [0.15, 0.2) is 11.5 Å². The molecule has 0 amide bonds. The predicted molar refractivity (Wildman–Crippen MR) is 64.2 cm³/mol. The molecule has 5 heteroatoms. The van der Waals surface area contributed by atoms with Gasteiger partial charge in [-0.05, 0) is 19.1 Å². The molecule has 5 nitrogen and oxygen atoms in total. The van der Waals surface area contributed by atoms with Gasteiger partial charge < -0.3 is 15.2 Å². The van der Waals surface area contributed by atoms with Crippen LogP contribution in [0, 0.1) is 6.92 Å². The molecule has 1 aromatic carbocycles. The third-order valence-corrected chi connectivity index (χ3v) is 2.15. The first-order valence-electron chi connectivity index (χ1n) is 5.10. The summed E-state index contributed by atoms with van der Waals surface area (Å²) in [5.74, 6) is 2.24. The van der Waals surface area contributed by atoms with E-state index in [1.165, 1.54) is 0 Å². The minimum atomic E-state index is 0.460. The second kappa shape index (κ2) is 4.69. The Morgan fingerprint density at radius 3 is 2.71 bits per heavy atom. The van der Waals surface area contributed by atoms with Crippen LogP contribution in [0.1, 0.15) is 5.82 Å². The van der Waals surface area contributed by atoms with Crippen LogP contribution in [0.4, 0.5) is 5.69 Å². The third kappa shape index (κ3) is 2.63. The van der Waals surface area contributed by atoms with Crippen molar-refractivity contribution in [1.29, 1.82) is 0 Å². The average Bonchev–Trinajstić information content (AvgIpc) is 2.29. The summed E-state index contributed by atoms with van der Waals surface area (Å²) in [4.78, 5) is 8.14. The first-order chi connectivity index (χ1) is 8.19. The Labute approximate surface area is 99.2 Å². The number of benzene rings is 1. The Morgan fingerprint density at radius 2 is 2.00 bits per heavy atom. The molecule has 0 saturated carbocycles. The van der Waals surface area contributed by atoms with E-state index in [-0.39, 0.29) is 0 Å². The van der Waals surface area contributed by atoms with E-state index in [9.17, 15) is 0 Å². The third-order valence-electron chi connectivity index (χ3n) is 2.15. The Hall–Kier alpha value is -2.30. The van der Waals surface area contributed by atoms with Gasteiger partial charge in [-0.1, -0.05) is 0 Å². The van der Waals surface area contributed by atoms with Crippen molar-refractivity contribution in [2.24, 2.45) is 0 Å². The largest absolute Gasteiger partial charge is 0.493 e. The van der Waals surface area contributed by atoms with E-state index >= 15 is 0 Å². The summed E-state index contributed by atoms with van der Waals surface area (Å²) < 4.78 is 10.8. The predicted octanol–water partition coefficient (Wildman–Crippen LogP) is 2.17. The zero-order chi connectivity index (χ0) is 12.3. The lowest BCUT2D eigenvalue weighted by Gasteiger charge is -2.10. The minimum Gasteiger partial charge on any atom is -0.493 e. The fraction of sp³-hybridized carbons (Fsp3) is 0.167. The lowest BCUT2D eigenvalue weighted by molar-refractivity contribution is 0.373. The highest BCUT2D eigenvalue weighted by Gasteiger charge is 2.07. The maximum atomic E-state index is 5.70. The molecule has 0 spiro atoms. The van der Waals surface area contributed by atoms with E-state index in [0.29, 0.717) is 28.9 Å². The summed E-state index contributed by atoms with van der Waals surface area (Å²) in [6, 6.07) is 6.86. The van der Waals surface area contributed by atoms with E-state index in [0.717, 1.165) is 0 Å². The van der Waals surface area contributed by atoms with Crippen molar-refractivity contribution in [2.75, 3.05) is 12.8 Å². The average molecular weight is 231 g/mol. The molecule has 0 fully saturated rings. The zero-order valence-electron chi connectivity index (χ0n) is 9.68. The number of aromatic nitrogens is 2. The number of anilines is 1. The Balaban J connectivity index is 2.32. The summed E-state index contributed by atoms with van der Waals surface area (Å²) in [5, 5.41) is 0. The molecule has 2 N–H and O–H groups in total. The number of rotatable bonds is 3. The normalized spacial score (nSPS) is 10.0. The van der Waals surface area contributed by atoms with Gasteiger partial charge in [0, 0.05) is 24.0 Å². The molecule has 0 aliphatic carbocycles. The van der Waals surface area contributed by atoms with Crippen molar-refractivity contribution in [3.05, 3.63) is 36.3 Å². The van der Waals surface area contributed by atoms with E-state index in [4.69, 9.17) is 15.2 Å². The molecule has 0 saturated heterocycles. The van der Waals surface area contributed by atoms with Crippen LogP contribution in [0.3, 0.4) is 0 Å². The van der Waals surface area contributed by atoms with Crippen LogP contribution in [0.15, 0.2) is 30.5 Å². The van der Waals surface area contributed by atoms with Crippen molar-refractivity contribution in [2.45, 2.75) is 6.92 Å². The summed E-state index contributed by atoms with van der Waals surface area (Å²) in [6.45, 7) is 1.80. The van der Waals surface area contributed by atoms with Crippen LogP contribution in [0.5, 0.6) is 17.4 Å². The zero-order valence-corrected chi connectivity index (χ0v) is 9.68. The Morgan fingerprint density at radius 1 is 1.18 bits per heavy atom. The Bertz CT molecular complexity index is 529. The van der Waals surface area contributed by atoms with Crippen LogP contribution < -0.4 is 15.2 Å². The first-order valence-corrected chi connectivity index (χ1v) is 5.10. The van der Waals surface area contributed by atoms with Crippen molar-refractivity contribution < 1.29 is 9.47 Å². The number of hydrogen-bond acceptors (Lipinski definition) is 5. The number of nitrogens with two attached hydrogens (primary N) is 1. The van der Waals surface area contributed by atoms with Crippen molar-refractivity contribution >= 4 is 5.69 Å². The highest BCUT2D eigenvalue weighted by Crippen LogP contribution is 2.32. The molecular weight excluding hydrogens is 218 g/mol. The van der Waals surface area contributed by atoms with Crippen LogP contribution in [0.25, 0.3) is 0 Å². The number of ether oxygens (including phenoxy) is 2. The van der Waals surface area contributed by atoms with Gasteiger partial charge in [-0.2, -0.15) is 4.98 Å². The molecule has 0 aliphatic heterocycles. The van der Waals surface area contributed by atoms with Crippen LogP contribution >= 0.6 is 0 Å². The second-order valence-electron chi connectivity index (χ2n) is 3.45. The second-order valence-corrected chi connectivity index (χ2v) is 3.45. The van der Waals surface area contributed by atoms with Gasteiger partial charge in [0.2, 0.25) is 5.88 Å². The van der Waals surface area contributed by atoms with E-state index in [1.807, 2.05) is 0 Å². The molecule has 1 heterocycles. The topological polar surface area (TPSA) is 70.3 Å². The number of hydrogen-bond donors (Lipinski definition) is 1. The van der Waals surface area contributed by atoms with Gasteiger partial charge in [0.1, 0.15) is 5.82 Å². The van der Waals surface area contributed by atoms with Gasteiger partial charge in [0.25, 0.3) is 0 Å². The van der Waals surface area contributed by atoms with Crippen LogP contribution in [-0.4, -0.2) is 17.1 Å². The molecule has 0 unspecified atom stereocenters. The maximum Gasteiger partial charge on any atom is 0.222 e. The van der Waals surface area contributed by atoms with Crippen molar-refractivity contribution in [3.8, 4) is 17.4 Å². The van der Waals surface area contributed by atoms with Crippen LogP contribution in [-0.2, 0) is 0 Å². The van der Waals surface area contributed by atoms with E-state index in [2.05, 4.69) is 9.97 Å². The van der Waals surface area contributed by atoms with Crippen molar-refractivity contribution in [1.82, 2.24) is 9.97 Å². The maximum absolute atomic E-state index is 5.70. The molecule has 0 aliphatic rings. The molecule has 88 valence electrons. The summed E-state index contributed by atoms with van der Waals surface area (Å²) >= 11 is 0. The molecular formula is C12H13N3O2. The van der Waals surface area contributed by atoms with E-state index in [1.54, 1.807) is 44.5 Å². The molecule has 2 rings (SSSR count). The summed E-state index contributed by atoms with van der Waals surface area (Å²) in [5.41, 5.74) is 6.30. The van der Waals surface area contributed by atoms with Gasteiger partial charge in [-0.15, -0.1) is 0 Å². The molecule has 0 bridgehead atoms. The molecule has 17 heavy (non-hydrogen) atoms. The minimum absolute atomic E-state index is 0.460. The smallest absolute Gasteiger partial charge is 0.222 e. The number of aryl methyl sites for hydroxylation is 1. The van der Waals surface area contributed by atoms with Gasteiger partial charge in [0.05, 0.1) is 7.11 Å². The number of nitrogens with zero attached hydrogens (tertiary/aromatic N) is 2. The molecule has 0 radical (unpaired) electrons. The monoisotopic (exact) mass is 231 g/mol. The fourth-order valence-electron chi connectivity index (χ4n) is 1.38. The first kappa shape index (κ1) is 11.2. The Kier molecular flexibility index (Phi) is 3.09. The SMILES string of the molecule is COc1ccc(N)cc1Oc1ccnc(C)n1. The highest BCUT2D eigenvalue weighted by molar-refractivity contribution is 5.52. The molecule has 1 aromatic heterocycles. The highest BCUT2D eigenvalue weighted by atomic mass is 16.5. The number of nitrogen functional groups attached to an aromatic ring is 1. The van der Waals surface area contributed by atoms with E-state index < -0.39 is 0 Å². The lowest BCUT2D eigenvalue weighted by atomic mass is 10.3. The quantitative estimate of drug-likeness (QED) is 0.820. The van der Waals surface area contributed by atoms with Gasteiger partial charge >= 0.3 is 0 Å². The number of methoxy groups -OCH3 is 1. The fourth-order valence-corrected chi connectivity index (χ4v) is 1.38. The molecule has 0 atom stereocenters. The van der Waals surface area contributed by atoms with Crippen molar-refractivity contribution in [3.63, 3.8) is 0 Å².